The smallest absolute Gasteiger partial charge is 0.184 e. The molecule has 2 heterocycles. The molecule has 0 spiro atoms. The minimum absolute atomic E-state index is 0.0358. The molecule has 1 atom stereocenters. The predicted octanol–water partition coefficient (Wildman–Crippen LogP) is 2.93. The predicted molar refractivity (Wildman–Crippen MR) is 74.7 cm³/mol. The molecule has 0 aliphatic carbocycles. The Morgan fingerprint density at radius 3 is 3.11 bits per heavy atom. The van der Waals surface area contributed by atoms with Crippen LogP contribution in [0.25, 0.3) is 11.4 Å². The van der Waals surface area contributed by atoms with Gasteiger partial charge in [-0.05, 0) is 41.3 Å². The molecule has 1 fully saturated rings. The summed E-state index contributed by atoms with van der Waals surface area (Å²) in [4.78, 5) is 0. The SMILES string of the molecule is BrCc1cccc(-c2nnnn2C2CCCCO2)c1. The molecule has 5 nitrogen and oxygen atoms in total. The molecular formula is C13H15BrN4O. The normalized spacial score (nSPS) is 19.5. The van der Waals surface area contributed by atoms with Crippen molar-refractivity contribution in [2.45, 2.75) is 30.8 Å². The van der Waals surface area contributed by atoms with Crippen LogP contribution in [0, 0.1) is 0 Å². The lowest BCUT2D eigenvalue weighted by Crippen LogP contribution is -2.20. The monoisotopic (exact) mass is 322 g/mol. The summed E-state index contributed by atoms with van der Waals surface area (Å²) in [6.45, 7) is 0.783. The zero-order valence-electron chi connectivity index (χ0n) is 10.5. The molecule has 1 unspecified atom stereocenters. The van der Waals surface area contributed by atoms with Gasteiger partial charge in [0, 0.05) is 17.5 Å². The minimum atomic E-state index is -0.0358. The molecule has 0 saturated carbocycles. The fourth-order valence-corrected chi connectivity index (χ4v) is 2.64. The molecule has 1 saturated heterocycles. The maximum atomic E-state index is 5.75. The fourth-order valence-electron chi connectivity index (χ4n) is 2.29. The molecule has 1 aromatic heterocycles. The Morgan fingerprint density at radius 1 is 1.37 bits per heavy atom. The first kappa shape index (κ1) is 12.7. The third-order valence-electron chi connectivity index (χ3n) is 3.26. The number of hydrogen-bond acceptors (Lipinski definition) is 4. The zero-order chi connectivity index (χ0) is 13.1. The molecular weight excluding hydrogens is 308 g/mol. The number of hydrogen-bond donors (Lipinski definition) is 0. The molecule has 1 aliphatic heterocycles. The van der Waals surface area contributed by atoms with E-state index in [0.29, 0.717) is 0 Å². The molecule has 1 aromatic carbocycles. The van der Waals surface area contributed by atoms with Crippen LogP contribution in [-0.4, -0.2) is 26.8 Å². The van der Waals surface area contributed by atoms with Crippen LogP contribution in [0.3, 0.4) is 0 Å². The lowest BCUT2D eigenvalue weighted by molar-refractivity contribution is -0.0394. The van der Waals surface area contributed by atoms with E-state index in [9.17, 15) is 0 Å². The van der Waals surface area contributed by atoms with E-state index in [2.05, 4.69) is 43.6 Å². The van der Waals surface area contributed by atoms with E-state index in [-0.39, 0.29) is 6.23 Å². The van der Waals surface area contributed by atoms with Crippen molar-refractivity contribution in [1.82, 2.24) is 20.2 Å². The van der Waals surface area contributed by atoms with Gasteiger partial charge in [-0.1, -0.05) is 34.1 Å². The van der Waals surface area contributed by atoms with Crippen molar-refractivity contribution in [2.24, 2.45) is 0 Å². The van der Waals surface area contributed by atoms with Gasteiger partial charge in [-0.3, -0.25) is 0 Å². The first-order chi connectivity index (χ1) is 9.38. The minimum Gasteiger partial charge on any atom is -0.356 e. The van der Waals surface area contributed by atoms with E-state index in [1.165, 1.54) is 5.56 Å². The van der Waals surface area contributed by atoms with Crippen LogP contribution in [-0.2, 0) is 10.1 Å². The molecule has 19 heavy (non-hydrogen) atoms. The van der Waals surface area contributed by atoms with Crippen LogP contribution in [0.5, 0.6) is 0 Å². The Balaban J connectivity index is 1.94. The second-order valence-corrected chi connectivity index (χ2v) is 5.16. The maximum Gasteiger partial charge on any atom is 0.184 e. The third kappa shape index (κ3) is 2.69. The summed E-state index contributed by atoms with van der Waals surface area (Å²) >= 11 is 3.47. The molecule has 2 aromatic rings. The molecule has 0 bridgehead atoms. The first-order valence-electron chi connectivity index (χ1n) is 6.43. The number of halogens is 1. The highest BCUT2D eigenvalue weighted by atomic mass is 79.9. The maximum absolute atomic E-state index is 5.75. The molecule has 3 rings (SSSR count). The van der Waals surface area contributed by atoms with Gasteiger partial charge >= 0.3 is 0 Å². The molecule has 1 aliphatic rings. The van der Waals surface area contributed by atoms with Crippen LogP contribution < -0.4 is 0 Å². The van der Waals surface area contributed by atoms with Gasteiger partial charge in [0.25, 0.3) is 0 Å². The highest BCUT2D eigenvalue weighted by Crippen LogP contribution is 2.26. The Hall–Kier alpha value is -1.27. The number of rotatable bonds is 3. The van der Waals surface area contributed by atoms with Crippen molar-refractivity contribution in [3.63, 3.8) is 0 Å². The Labute approximate surface area is 120 Å². The largest absolute Gasteiger partial charge is 0.356 e. The van der Waals surface area contributed by atoms with Gasteiger partial charge in [0.15, 0.2) is 12.1 Å². The van der Waals surface area contributed by atoms with Crippen LogP contribution in [0.15, 0.2) is 24.3 Å². The number of aromatic nitrogens is 4. The standard InChI is InChI=1S/C13H15BrN4O/c14-9-10-4-3-5-11(8-10)13-15-16-17-18(13)12-6-1-2-7-19-12/h3-5,8,12H,1-2,6-7,9H2. The van der Waals surface area contributed by atoms with Crippen LogP contribution in [0.2, 0.25) is 0 Å². The van der Waals surface area contributed by atoms with Crippen molar-refractivity contribution in [3.05, 3.63) is 29.8 Å². The van der Waals surface area contributed by atoms with Crippen molar-refractivity contribution in [1.29, 1.82) is 0 Å². The number of ether oxygens (including phenoxy) is 1. The van der Waals surface area contributed by atoms with Crippen molar-refractivity contribution >= 4 is 15.9 Å². The summed E-state index contributed by atoms with van der Waals surface area (Å²) in [7, 11) is 0. The number of tetrazole rings is 1. The highest BCUT2D eigenvalue weighted by Gasteiger charge is 2.21. The lowest BCUT2D eigenvalue weighted by Gasteiger charge is -2.23. The Morgan fingerprint density at radius 2 is 2.32 bits per heavy atom. The molecule has 0 N–H and O–H groups in total. The fraction of sp³-hybridized carbons (Fsp3) is 0.462. The summed E-state index contributed by atoms with van der Waals surface area (Å²) in [6.07, 6.45) is 3.21. The second kappa shape index (κ2) is 5.79. The first-order valence-corrected chi connectivity index (χ1v) is 7.55. The topological polar surface area (TPSA) is 52.8 Å². The summed E-state index contributed by atoms with van der Waals surface area (Å²) in [5, 5.41) is 12.9. The molecule has 6 heteroatoms. The number of alkyl halides is 1. The van der Waals surface area contributed by atoms with E-state index in [1.54, 1.807) is 4.68 Å². The van der Waals surface area contributed by atoms with Crippen molar-refractivity contribution in [2.75, 3.05) is 6.61 Å². The summed E-state index contributed by atoms with van der Waals surface area (Å²) in [5.74, 6) is 0.773. The molecule has 0 radical (unpaired) electrons. The van der Waals surface area contributed by atoms with Crippen LogP contribution >= 0.6 is 15.9 Å². The van der Waals surface area contributed by atoms with Gasteiger partial charge in [0.05, 0.1) is 0 Å². The van der Waals surface area contributed by atoms with E-state index in [0.717, 1.165) is 42.6 Å². The molecule has 100 valence electrons. The highest BCUT2D eigenvalue weighted by molar-refractivity contribution is 9.08. The van der Waals surface area contributed by atoms with E-state index in [4.69, 9.17) is 4.74 Å². The number of benzene rings is 1. The lowest BCUT2D eigenvalue weighted by atomic mass is 10.1. The van der Waals surface area contributed by atoms with Gasteiger partial charge in [-0.25, -0.2) is 0 Å². The van der Waals surface area contributed by atoms with E-state index in [1.807, 2.05) is 12.1 Å². The van der Waals surface area contributed by atoms with Crippen molar-refractivity contribution in [3.8, 4) is 11.4 Å². The number of nitrogens with zero attached hydrogens (tertiary/aromatic N) is 4. The van der Waals surface area contributed by atoms with E-state index >= 15 is 0 Å². The quantitative estimate of drug-likeness (QED) is 0.815. The average Bonchev–Trinajstić information content (AvgIpc) is 2.98. The van der Waals surface area contributed by atoms with Crippen LogP contribution in [0.4, 0.5) is 0 Å². The second-order valence-electron chi connectivity index (χ2n) is 4.60. The van der Waals surface area contributed by atoms with E-state index < -0.39 is 0 Å². The van der Waals surface area contributed by atoms with Gasteiger partial charge in [0.2, 0.25) is 0 Å². The summed E-state index contributed by atoms with van der Waals surface area (Å²) < 4.78 is 7.55. The zero-order valence-corrected chi connectivity index (χ0v) is 12.1. The van der Waals surface area contributed by atoms with Crippen LogP contribution in [0.1, 0.15) is 31.1 Å². The van der Waals surface area contributed by atoms with Crippen molar-refractivity contribution < 1.29 is 4.74 Å². The van der Waals surface area contributed by atoms with Gasteiger partial charge < -0.3 is 4.74 Å². The Kier molecular flexibility index (Phi) is 3.89. The van der Waals surface area contributed by atoms with Gasteiger partial charge in [-0.2, -0.15) is 4.68 Å². The average molecular weight is 323 g/mol. The summed E-state index contributed by atoms with van der Waals surface area (Å²) in [5.41, 5.74) is 2.23. The third-order valence-corrected chi connectivity index (χ3v) is 3.91. The molecule has 0 amide bonds. The van der Waals surface area contributed by atoms with Gasteiger partial charge in [0.1, 0.15) is 0 Å². The summed E-state index contributed by atoms with van der Waals surface area (Å²) in [6, 6.07) is 8.22. The van der Waals surface area contributed by atoms with Gasteiger partial charge in [-0.15, -0.1) is 5.10 Å². The Bertz CT molecular complexity index is 551.